The van der Waals surface area contributed by atoms with E-state index in [4.69, 9.17) is 4.74 Å². The first-order valence-electron chi connectivity index (χ1n) is 4.91. The molecule has 0 fully saturated rings. The lowest BCUT2D eigenvalue weighted by molar-refractivity contribution is 0.302. The molecule has 0 spiro atoms. The topological polar surface area (TPSA) is 9.23 Å². The summed E-state index contributed by atoms with van der Waals surface area (Å²) in [6.45, 7) is 0.392. The van der Waals surface area contributed by atoms with Crippen LogP contribution in [0.4, 0.5) is 4.39 Å². The van der Waals surface area contributed by atoms with Crippen LogP contribution in [0.3, 0.4) is 0 Å². The number of hydrogen-bond acceptors (Lipinski definition) is 2. The minimum Gasteiger partial charge on any atom is -0.489 e. The molecule has 2 aromatic rings. The van der Waals surface area contributed by atoms with E-state index in [2.05, 4.69) is 12.6 Å². The van der Waals surface area contributed by atoms with Crippen LogP contribution in [0.15, 0.2) is 53.4 Å². The predicted molar refractivity (Wildman–Crippen MR) is 64.4 cm³/mol. The summed E-state index contributed by atoms with van der Waals surface area (Å²) in [5, 5.41) is 0. The first-order valence-corrected chi connectivity index (χ1v) is 5.35. The smallest absolute Gasteiger partial charge is 0.126 e. The molecule has 0 radical (unpaired) electrons. The summed E-state index contributed by atoms with van der Waals surface area (Å²) in [4.78, 5) is 0.874. The molecule has 3 heteroatoms. The van der Waals surface area contributed by atoms with Crippen molar-refractivity contribution < 1.29 is 9.13 Å². The van der Waals surface area contributed by atoms with Crippen molar-refractivity contribution in [2.24, 2.45) is 0 Å². The fraction of sp³-hybridized carbons (Fsp3) is 0.0769. The highest BCUT2D eigenvalue weighted by Gasteiger charge is 2.00. The molecule has 82 valence electrons. The zero-order valence-electron chi connectivity index (χ0n) is 8.56. The van der Waals surface area contributed by atoms with Gasteiger partial charge in [-0.15, -0.1) is 12.6 Å². The van der Waals surface area contributed by atoms with Crippen molar-refractivity contribution in [2.75, 3.05) is 0 Å². The zero-order valence-corrected chi connectivity index (χ0v) is 9.45. The fourth-order valence-electron chi connectivity index (χ4n) is 1.35. The van der Waals surface area contributed by atoms with Crippen LogP contribution >= 0.6 is 12.6 Å². The van der Waals surface area contributed by atoms with E-state index < -0.39 is 0 Å². The van der Waals surface area contributed by atoms with Gasteiger partial charge in [0.05, 0.1) is 0 Å². The summed E-state index contributed by atoms with van der Waals surface area (Å²) in [6, 6.07) is 13.8. The van der Waals surface area contributed by atoms with Crippen LogP contribution in [-0.4, -0.2) is 0 Å². The lowest BCUT2D eigenvalue weighted by Crippen LogP contribution is -1.96. The average molecular weight is 234 g/mol. The molecule has 0 N–H and O–H groups in total. The molecule has 0 amide bonds. The molecule has 2 aromatic carbocycles. The van der Waals surface area contributed by atoms with E-state index in [0.717, 1.165) is 10.5 Å². The number of rotatable bonds is 3. The molecule has 2 rings (SSSR count). The zero-order chi connectivity index (χ0) is 11.4. The fourth-order valence-corrected chi connectivity index (χ4v) is 1.58. The number of thiol groups is 1. The highest BCUT2D eigenvalue weighted by atomic mass is 32.1. The van der Waals surface area contributed by atoms with Gasteiger partial charge in [0.25, 0.3) is 0 Å². The summed E-state index contributed by atoms with van der Waals surface area (Å²) >= 11 is 4.31. The van der Waals surface area contributed by atoms with E-state index in [-0.39, 0.29) is 5.82 Å². The molecule has 0 aliphatic rings. The first kappa shape index (κ1) is 11.0. The van der Waals surface area contributed by atoms with Crippen molar-refractivity contribution in [3.8, 4) is 5.75 Å². The van der Waals surface area contributed by atoms with Crippen molar-refractivity contribution in [3.63, 3.8) is 0 Å². The Morgan fingerprint density at radius 1 is 1.06 bits per heavy atom. The van der Waals surface area contributed by atoms with E-state index in [1.54, 1.807) is 12.1 Å². The molecule has 1 nitrogen and oxygen atoms in total. The monoisotopic (exact) mass is 234 g/mol. The Balaban J connectivity index is 2.05. The Labute approximate surface area is 99.3 Å². The highest BCUT2D eigenvalue weighted by molar-refractivity contribution is 7.80. The van der Waals surface area contributed by atoms with Gasteiger partial charge in [-0.05, 0) is 18.2 Å². The summed E-state index contributed by atoms with van der Waals surface area (Å²) in [7, 11) is 0. The molecule has 0 saturated carbocycles. The third kappa shape index (κ3) is 2.76. The average Bonchev–Trinajstić information content (AvgIpc) is 2.28. The SMILES string of the molecule is Fc1cccc(OCc2ccccc2S)c1. The molecule has 0 aromatic heterocycles. The van der Waals surface area contributed by atoms with Crippen LogP contribution in [-0.2, 0) is 6.61 Å². The van der Waals surface area contributed by atoms with Gasteiger partial charge >= 0.3 is 0 Å². The number of halogens is 1. The van der Waals surface area contributed by atoms with Crippen molar-refractivity contribution in [1.82, 2.24) is 0 Å². The van der Waals surface area contributed by atoms with E-state index in [1.165, 1.54) is 12.1 Å². The first-order chi connectivity index (χ1) is 7.75. The lowest BCUT2D eigenvalue weighted by atomic mass is 10.2. The Morgan fingerprint density at radius 2 is 1.88 bits per heavy atom. The van der Waals surface area contributed by atoms with Gasteiger partial charge < -0.3 is 4.74 Å². The minimum absolute atomic E-state index is 0.295. The van der Waals surface area contributed by atoms with Crippen LogP contribution in [0.2, 0.25) is 0 Å². The maximum absolute atomic E-state index is 12.9. The van der Waals surface area contributed by atoms with Crippen LogP contribution in [0, 0.1) is 5.82 Å². The second-order valence-corrected chi connectivity index (χ2v) is 3.86. The van der Waals surface area contributed by atoms with Crippen LogP contribution in [0.1, 0.15) is 5.56 Å². The van der Waals surface area contributed by atoms with Crippen molar-refractivity contribution >= 4 is 12.6 Å². The van der Waals surface area contributed by atoms with Crippen LogP contribution < -0.4 is 4.74 Å². The molecular formula is C13H11FOS. The van der Waals surface area contributed by atoms with Gasteiger partial charge in [-0.2, -0.15) is 0 Å². The third-order valence-electron chi connectivity index (χ3n) is 2.18. The summed E-state index contributed by atoms with van der Waals surface area (Å²) in [5.74, 6) is 0.230. The van der Waals surface area contributed by atoms with Gasteiger partial charge in [0.15, 0.2) is 0 Å². The molecule has 0 aliphatic carbocycles. The highest BCUT2D eigenvalue weighted by Crippen LogP contribution is 2.17. The number of benzene rings is 2. The Hall–Kier alpha value is -1.48. The largest absolute Gasteiger partial charge is 0.489 e. The lowest BCUT2D eigenvalue weighted by Gasteiger charge is -2.07. The molecule has 16 heavy (non-hydrogen) atoms. The second kappa shape index (κ2) is 5.03. The van der Waals surface area contributed by atoms with Gasteiger partial charge in [-0.25, -0.2) is 4.39 Å². The van der Waals surface area contributed by atoms with Gasteiger partial charge in [-0.3, -0.25) is 0 Å². The molecular weight excluding hydrogens is 223 g/mol. The van der Waals surface area contributed by atoms with Crippen molar-refractivity contribution in [2.45, 2.75) is 11.5 Å². The summed E-state index contributed by atoms with van der Waals surface area (Å²) in [5.41, 5.74) is 0.982. The second-order valence-electron chi connectivity index (χ2n) is 3.37. The van der Waals surface area contributed by atoms with Gasteiger partial charge in [0, 0.05) is 16.5 Å². The molecule has 0 bridgehead atoms. The Kier molecular flexibility index (Phi) is 3.47. The van der Waals surface area contributed by atoms with Crippen LogP contribution in [0.5, 0.6) is 5.75 Å². The molecule has 0 saturated heterocycles. The minimum atomic E-state index is -0.295. The third-order valence-corrected chi connectivity index (χ3v) is 2.62. The van der Waals surface area contributed by atoms with Crippen molar-refractivity contribution in [3.05, 3.63) is 59.9 Å². The van der Waals surface area contributed by atoms with Crippen molar-refractivity contribution in [1.29, 1.82) is 0 Å². The molecule has 0 aliphatic heterocycles. The Morgan fingerprint density at radius 3 is 2.62 bits per heavy atom. The normalized spacial score (nSPS) is 10.1. The molecule has 0 atom stereocenters. The van der Waals surface area contributed by atoms with E-state index in [0.29, 0.717) is 12.4 Å². The predicted octanol–water partition coefficient (Wildman–Crippen LogP) is 3.69. The van der Waals surface area contributed by atoms with E-state index in [1.807, 2.05) is 24.3 Å². The quantitative estimate of drug-likeness (QED) is 0.797. The summed E-state index contributed by atoms with van der Waals surface area (Å²) < 4.78 is 18.3. The van der Waals surface area contributed by atoms with E-state index in [9.17, 15) is 4.39 Å². The maximum atomic E-state index is 12.9. The van der Waals surface area contributed by atoms with Gasteiger partial charge in [0.2, 0.25) is 0 Å². The molecule has 0 heterocycles. The standard InChI is InChI=1S/C13H11FOS/c14-11-5-3-6-12(8-11)15-9-10-4-1-2-7-13(10)16/h1-8,16H,9H2. The molecule has 0 unspecified atom stereocenters. The number of hydrogen-bond donors (Lipinski definition) is 1. The maximum Gasteiger partial charge on any atom is 0.126 e. The van der Waals surface area contributed by atoms with E-state index >= 15 is 0 Å². The van der Waals surface area contributed by atoms with Gasteiger partial charge in [0.1, 0.15) is 18.2 Å². The van der Waals surface area contributed by atoms with Crippen LogP contribution in [0.25, 0.3) is 0 Å². The summed E-state index contributed by atoms with van der Waals surface area (Å²) in [6.07, 6.45) is 0. The van der Waals surface area contributed by atoms with Gasteiger partial charge in [-0.1, -0.05) is 24.3 Å². The number of ether oxygens (including phenoxy) is 1. The Bertz CT molecular complexity index is 485.